The lowest BCUT2D eigenvalue weighted by Gasteiger charge is -2.46. The number of phosphoric acid groups is 1. The largest absolute Gasteiger partial charge is 0.493 e. The molecule has 1 aliphatic heterocycles. The summed E-state index contributed by atoms with van der Waals surface area (Å²) in [6, 6.07) is 6.23. The first-order valence-corrected chi connectivity index (χ1v) is 12.2. The minimum atomic E-state index is -4.55. The van der Waals surface area contributed by atoms with Gasteiger partial charge in [-0.05, 0) is 49.8 Å². The highest BCUT2D eigenvalue weighted by atomic mass is 31.2. The molecule has 1 saturated heterocycles. The van der Waals surface area contributed by atoms with Crippen LogP contribution in [0.4, 0.5) is 0 Å². The number of rotatable bonds is 9. The van der Waals surface area contributed by atoms with Crippen LogP contribution in [-0.2, 0) is 15.5 Å². The molecule has 3 rings (SSSR count). The van der Waals surface area contributed by atoms with Crippen LogP contribution < -0.4 is 9.47 Å². The summed E-state index contributed by atoms with van der Waals surface area (Å²) in [4.78, 5) is 18.5. The first-order chi connectivity index (χ1) is 14.3. The van der Waals surface area contributed by atoms with E-state index in [1.165, 1.54) is 5.56 Å². The molecule has 0 aromatic heterocycles. The van der Waals surface area contributed by atoms with Gasteiger partial charge in [-0.15, -0.1) is 0 Å². The van der Waals surface area contributed by atoms with Crippen molar-refractivity contribution in [2.75, 3.05) is 34.0 Å². The van der Waals surface area contributed by atoms with Crippen LogP contribution in [-0.4, -0.2) is 65.6 Å². The molecule has 0 unspecified atom stereocenters. The van der Waals surface area contributed by atoms with Crippen molar-refractivity contribution in [2.24, 2.45) is 5.92 Å². The number of hydrogen-bond donors (Lipinski definition) is 3. The molecule has 30 heavy (non-hydrogen) atoms. The minimum Gasteiger partial charge on any atom is -0.493 e. The number of benzene rings is 1. The first-order valence-electron chi connectivity index (χ1n) is 10.7. The second-order valence-electron chi connectivity index (χ2n) is 8.66. The summed E-state index contributed by atoms with van der Waals surface area (Å²) < 4.78 is 27.5. The molecule has 2 aliphatic rings. The minimum absolute atomic E-state index is 0.0428. The van der Waals surface area contributed by atoms with Gasteiger partial charge < -0.3 is 24.4 Å². The number of ether oxygens (including phenoxy) is 2. The summed E-state index contributed by atoms with van der Waals surface area (Å²) in [6.07, 6.45) is 6.41. The van der Waals surface area contributed by atoms with Crippen molar-refractivity contribution in [2.45, 2.75) is 57.1 Å². The van der Waals surface area contributed by atoms with Crippen LogP contribution in [0.1, 0.15) is 44.1 Å². The van der Waals surface area contributed by atoms with E-state index >= 15 is 0 Å². The Morgan fingerprint density at radius 1 is 1.10 bits per heavy atom. The van der Waals surface area contributed by atoms with Crippen molar-refractivity contribution >= 4 is 7.82 Å². The van der Waals surface area contributed by atoms with Crippen LogP contribution in [0.2, 0.25) is 0 Å². The highest BCUT2D eigenvalue weighted by molar-refractivity contribution is 7.46. The lowest BCUT2D eigenvalue weighted by Crippen LogP contribution is -2.58. The number of quaternary nitrogens is 1. The number of methoxy groups -OCH3 is 2. The summed E-state index contributed by atoms with van der Waals surface area (Å²) in [7, 11) is -1.30. The molecule has 3 N–H and O–H groups in total. The second-order valence-corrected chi connectivity index (χ2v) is 9.90. The van der Waals surface area contributed by atoms with Crippen LogP contribution in [0.3, 0.4) is 0 Å². The molecule has 9 heteroatoms. The fourth-order valence-corrected chi connectivity index (χ4v) is 5.73. The first kappa shape index (κ1) is 23.5. The molecule has 0 bridgehead atoms. The predicted molar refractivity (Wildman–Crippen MR) is 112 cm³/mol. The molecule has 8 nitrogen and oxygen atoms in total. The molecule has 1 aromatic rings. The number of likely N-dealkylation sites (tertiary alicyclic amines) is 1. The maximum absolute atomic E-state index is 11.4. The average Bonchev–Trinajstić information content (AvgIpc) is 3.12. The zero-order valence-electron chi connectivity index (χ0n) is 17.9. The molecule has 1 aliphatic carbocycles. The van der Waals surface area contributed by atoms with Crippen LogP contribution >= 0.6 is 7.82 Å². The molecule has 1 heterocycles. The Balaban J connectivity index is 1.73. The molecule has 170 valence electrons. The van der Waals surface area contributed by atoms with E-state index in [2.05, 4.69) is 6.07 Å². The molecule has 4 atom stereocenters. The molecule has 0 spiro atoms. The van der Waals surface area contributed by atoms with E-state index in [1.54, 1.807) is 14.2 Å². The fraction of sp³-hybridized carbons (Fsp3) is 0.714. The molecule has 1 saturated carbocycles. The van der Waals surface area contributed by atoms with Gasteiger partial charge in [0.05, 0.1) is 26.8 Å². The third kappa shape index (κ3) is 5.75. The summed E-state index contributed by atoms with van der Waals surface area (Å²) >= 11 is 0. The quantitative estimate of drug-likeness (QED) is 0.397. The van der Waals surface area contributed by atoms with E-state index in [9.17, 15) is 19.5 Å². The lowest BCUT2D eigenvalue weighted by atomic mass is 9.79. The van der Waals surface area contributed by atoms with E-state index in [-0.39, 0.29) is 12.8 Å². The topological polar surface area (TPSA) is 105 Å². The summed E-state index contributed by atoms with van der Waals surface area (Å²) in [5.41, 5.74) is 1.18. The van der Waals surface area contributed by atoms with Crippen molar-refractivity contribution < 1.29 is 37.9 Å². The van der Waals surface area contributed by atoms with Gasteiger partial charge in [-0.2, -0.15) is 0 Å². The normalized spacial score (nSPS) is 29.7. The Hall–Kier alpha value is -1.15. The van der Waals surface area contributed by atoms with Gasteiger partial charge in [-0.25, -0.2) is 9.09 Å². The number of hydrogen-bond acceptors (Lipinski definition) is 5. The maximum atomic E-state index is 11.4. The van der Waals surface area contributed by atoms with Gasteiger partial charge in [0.2, 0.25) is 0 Å². The summed E-state index contributed by atoms with van der Waals surface area (Å²) in [5.74, 6) is 1.84. The van der Waals surface area contributed by atoms with Crippen molar-refractivity contribution in [1.29, 1.82) is 0 Å². The van der Waals surface area contributed by atoms with Gasteiger partial charge in [0.1, 0.15) is 12.6 Å². The molecule has 2 fully saturated rings. The Kier molecular flexibility index (Phi) is 7.82. The van der Waals surface area contributed by atoms with Gasteiger partial charge >= 0.3 is 7.82 Å². The zero-order valence-corrected chi connectivity index (χ0v) is 18.8. The maximum Gasteiger partial charge on any atom is 0.474 e. The lowest BCUT2D eigenvalue weighted by molar-refractivity contribution is -0.960. The zero-order chi connectivity index (χ0) is 21.8. The molecule has 0 radical (unpaired) electrons. The van der Waals surface area contributed by atoms with Crippen LogP contribution in [0.25, 0.3) is 0 Å². The van der Waals surface area contributed by atoms with Crippen molar-refractivity contribution in [3.05, 3.63) is 23.8 Å². The van der Waals surface area contributed by atoms with Crippen LogP contribution in [0.5, 0.6) is 11.5 Å². The number of aliphatic hydroxyl groups is 1. The van der Waals surface area contributed by atoms with E-state index in [4.69, 9.17) is 14.0 Å². The van der Waals surface area contributed by atoms with E-state index < -0.39 is 13.9 Å². The van der Waals surface area contributed by atoms with Crippen LogP contribution in [0.15, 0.2) is 18.2 Å². The van der Waals surface area contributed by atoms with Crippen LogP contribution in [0, 0.1) is 5.92 Å². The summed E-state index contributed by atoms with van der Waals surface area (Å²) in [5, 5.41) is 10.2. The number of phosphoric ester groups is 1. The standard InChI is InChI=1S/C21H34NO7P/c1-27-20-10-8-16(13-21(20)28-2)7-9-17-5-3-4-6-19(17)22(12-11-18(23)14-22)15-29-30(24,25)26/h8,10,13,17-19,23H,3-7,9,11-12,14-15H2,1-2H3,(H-,24,25,26)/p+1/t17-,18-,19-,22-/m1/s1. The fourth-order valence-electron chi connectivity index (χ4n) is 5.35. The number of aliphatic hydroxyl groups excluding tert-OH is 1. The van der Waals surface area contributed by atoms with Gasteiger partial charge in [0.25, 0.3) is 0 Å². The average molecular weight is 444 g/mol. The Morgan fingerprint density at radius 2 is 1.83 bits per heavy atom. The third-order valence-corrected chi connectivity index (χ3v) is 7.24. The Labute approximate surface area is 178 Å². The highest BCUT2D eigenvalue weighted by Gasteiger charge is 2.48. The highest BCUT2D eigenvalue weighted by Crippen LogP contribution is 2.43. The molecular weight excluding hydrogens is 409 g/mol. The van der Waals surface area contributed by atoms with Crippen molar-refractivity contribution in [3.8, 4) is 11.5 Å². The molecular formula is C21H35NO7P+. The van der Waals surface area contributed by atoms with Gasteiger partial charge in [0.15, 0.2) is 18.2 Å². The van der Waals surface area contributed by atoms with Crippen molar-refractivity contribution in [1.82, 2.24) is 0 Å². The van der Waals surface area contributed by atoms with Gasteiger partial charge in [-0.3, -0.25) is 4.48 Å². The second kappa shape index (κ2) is 9.98. The Bertz CT molecular complexity index is 755. The Morgan fingerprint density at radius 3 is 2.47 bits per heavy atom. The number of aryl methyl sites for hydroxylation is 1. The molecule has 1 aromatic carbocycles. The summed E-state index contributed by atoms with van der Waals surface area (Å²) in [6.45, 7) is 1.15. The van der Waals surface area contributed by atoms with Gasteiger partial charge in [-0.1, -0.05) is 12.5 Å². The third-order valence-electron chi connectivity index (χ3n) is 6.79. The smallest absolute Gasteiger partial charge is 0.474 e. The van der Waals surface area contributed by atoms with E-state index in [1.807, 2.05) is 12.1 Å². The molecule has 0 amide bonds. The predicted octanol–water partition coefficient (Wildman–Crippen LogP) is 2.84. The van der Waals surface area contributed by atoms with E-state index in [0.717, 1.165) is 44.3 Å². The van der Waals surface area contributed by atoms with E-state index in [0.29, 0.717) is 35.7 Å². The SMILES string of the molecule is COc1ccc(CC[C@H]2CCCC[C@H]2[N@+]2(COP(=O)(O)O)CC[C@@H](O)C2)cc1OC. The van der Waals surface area contributed by atoms with Gasteiger partial charge in [0, 0.05) is 12.3 Å². The monoisotopic (exact) mass is 444 g/mol. The van der Waals surface area contributed by atoms with Crippen molar-refractivity contribution in [3.63, 3.8) is 0 Å². The number of nitrogens with zero attached hydrogens (tertiary/aromatic N) is 1.